The average molecular weight is 385 g/mol. The molecule has 0 saturated heterocycles. The molecule has 0 unspecified atom stereocenters. The highest BCUT2D eigenvalue weighted by molar-refractivity contribution is 7.43. The van der Waals surface area contributed by atoms with Crippen LogP contribution in [-0.2, 0) is 4.57 Å². The van der Waals surface area contributed by atoms with Crippen molar-refractivity contribution in [3.05, 3.63) is 0 Å². The molecule has 0 aliphatic rings. The van der Waals surface area contributed by atoms with Crippen LogP contribution in [-0.4, -0.2) is 40.4 Å². The Morgan fingerprint density at radius 1 is 0.720 bits per heavy atom. The predicted molar refractivity (Wildman–Crippen MR) is 106 cm³/mol. The van der Waals surface area contributed by atoms with Gasteiger partial charge in [0.2, 0.25) is 0 Å². The number of hydrogen-bond donors (Lipinski definition) is 3. The van der Waals surface area contributed by atoms with Crippen molar-refractivity contribution in [1.29, 1.82) is 0 Å². The molecule has 0 aliphatic heterocycles. The summed E-state index contributed by atoms with van der Waals surface area (Å²) in [7, 11) is -4.89. The van der Waals surface area contributed by atoms with E-state index in [1.165, 1.54) is 94.9 Å². The highest BCUT2D eigenvalue weighted by Crippen LogP contribution is 2.19. The monoisotopic (exact) mass is 384 g/mol. The third-order valence-corrected chi connectivity index (χ3v) is 5.00. The Hall–Kier alpha value is 0.0300. The molecule has 0 aromatic heterocycles. The number of rotatable bonds is 14. The molecular formula is C18H45N2O4P. The van der Waals surface area contributed by atoms with Crippen LogP contribution in [0.2, 0.25) is 0 Å². The maximum absolute atomic E-state index is 8.77. The smallest absolute Gasteiger partial charge is 0.262 e. The minimum absolute atomic E-state index is 0. The van der Waals surface area contributed by atoms with Crippen molar-refractivity contribution in [3.63, 3.8) is 0 Å². The first kappa shape index (κ1) is 29.8. The van der Waals surface area contributed by atoms with E-state index in [4.69, 9.17) is 19.2 Å². The van der Waals surface area contributed by atoms with Gasteiger partial charge in [-0.05, 0) is 33.6 Å². The van der Waals surface area contributed by atoms with Gasteiger partial charge in [0.05, 0.1) is 26.2 Å². The molecule has 25 heavy (non-hydrogen) atoms. The lowest BCUT2D eigenvalue weighted by Crippen LogP contribution is -2.48. The van der Waals surface area contributed by atoms with E-state index in [-0.39, 0.29) is 6.15 Å². The predicted octanol–water partition coefficient (Wildman–Crippen LogP) is 4.39. The van der Waals surface area contributed by atoms with Gasteiger partial charge < -0.3 is 25.3 Å². The van der Waals surface area contributed by atoms with E-state index in [0.29, 0.717) is 0 Å². The normalized spacial score (nSPS) is 11.5. The van der Waals surface area contributed by atoms with Crippen LogP contribution in [0.15, 0.2) is 0 Å². The number of nitrogens with zero attached hydrogens (tertiary/aromatic N) is 1. The SMILES string of the molecule is CCCCCCCCCCCC[N+](CC)(CC)CC.N.O=P([O-])(O)O. The fraction of sp³-hybridized carbons (Fsp3) is 1.00. The van der Waals surface area contributed by atoms with Crippen LogP contribution in [0.4, 0.5) is 0 Å². The minimum atomic E-state index is -4.89. The average Bonchev–Trinajstić information content (AvgIpc) is 2.52. The van der Waals surface area contributed by atoms with E-state index in [2.05, 4.69) is 27.7 Å². The summed E-state index contributed by atoms with van der Waals surface area (Å²) < 4.78 is 10.1. The zero-order valence-electron chi connectivity index (χ0n) is 17.2. The molecule has 0 bridgehead atoms. The van der Waals surface area contributed by atoms with Crippen molar-refractivity contribution in [1.82, 2.24) is 6.15 Å². The van der Waals surface area contributed by atoms with Crippen molar-refractivity contribution in [2.45, 2.75) is 91.9 Å². The Morgan fingerprint density at radius 3 is 1.28 bits per heavy atom. The number of unbranched alkanes of at least 4 members (excludes halogenated alkanes) is 9. The number of quaternary nitrogens is 1. The zero-order valence-corrected chi connectivity index (χ0v) is 18.1. The van der Waals surface area contributed by atoms with Crippen LogP contribution < -0.4 is 11.0 Å². The Morgan fingerprint density at radius 2 is 1.00 bits per heavy atom. The van der Waals surface area contributed by atoms with Gasteiger partial charge in [0.15, 0.2) is 0 Å². The van der Waals surface area contributed by atoms with Gasteiger partial charge in [-0.2, -0.15) is 0 Å². The summed E-state index contributed by atoms with van der Waals surface area (Å²) in [6, 6.07) is 0. The molecule has 6 nitrogen and oxygen atoms in total. The topological polar surface area (TPSA) is 116 Å². The highest BCUT2D eigenvalue weighted by Gasteiger charge is 2.19. The standard InChI is InChI=1S/C18H40N.H3N.H3O4P/c1-5-9-10-11-12-13-14-15-16-17-18-19(6-2,7-3)8-4;;1-5(2,3)4/h5-18H2,1-4H3;1H3;(H3,1,2,3,4)/q+1;;/p-1. The van der Waals surface area contributed by atoms with E-state index in [1.807, 2.05) is 0 Å². The van der Waals surface area contributed by atoms with Gasteiger partial charge in [-0.1, -0.05) is 58.3 Å². The summed E-state index contributed by atoms with van der Waals surface area (Å²) in [6.45, 7) is 14.7. The van der Waals surface area contributed by atoms with Crippen LogP contribution in [0, 0.1) is 0 Å². The second-order valence-corrected chi connectivity index (χ2v) is 7.67. The summed E-state index contributed by atoms with van der Waals surface area (Å²) in [6.07, 6.45) is 14.5. The third kappa shape index (κ3) is 24.0. The van der Waals surface area contributed by atoms with Gasteiger partial charge in [-0.25, -0.2) is 0 Å². The Balaban J connectivity index is -0.000000704. The molecule has 0 spiro atoms. The second-order valence-electron chi connectivity index (χ2n) is 6.69. The molecular weight excluding hydrogens is 339 g/mol. The molecule has 0 heterocycles. The molecule has 0 rings (SSSR count). The van der Waals surface area contributed by atoms with Crippen molar-refractivity contribution >= 4 is 7.82 Å². The number of phosphoric acid groups is 1. The molecule has 0 atom stereocenters. The fourth-order valence-corrected chi connectivity index (χ4v) is 3.08. The van der Waals surface area contributed by atoms with Crippen LogP contribution in [0.1, 0.15) is 91.9 Å². The van der Waals surface area contributed by atoms with Gasteiger partial charge >= 0.3 is 0 Å². The van der Waals surface area contributed by atoms with Crippen LogP contribution in [0.25, 0.3) is 0 Å². The summed E-state index contributed by atoms with van der Waals surface area (Å²) in [5.74, 6) is 0. The molecule has 5 N–H and O–H groups in total. The van der Waals surface area contributed by atoms with Crippen LogP contribution in [0.5, 0.6) is 0 Å². The largest absolute Gasteiger partial charge is 0.756 e. The van der Waals surface area contributed by atoms with Gasteiger partial charge in [-0.15, -0.1) is 0 Å². The molecule has 0 amide bonds. The maximum atomic E-state index is 8.77. The highest BCUT2D eigenvalue weighted by atomic mass is 31.2. The summed E-state index contributed by atoms with van der Waals surface area (Å²) in [5, 5.41) is 0. The Bertz CT molecular complexity index is 291. The molecule has 156 valence electrons. The van der Waals surface area contributed by atoms with E-state index in [0.717, 1.165) is 0 Å². The number of hydrogen-bond acceptors (Lipinski definition) is 3. The summed E-state index contributed by atoms with van der Waals surface area (Å²) >= 11 is 0. The van der Waals surface area contributed by atoms with Gasteiger partial charge in [0.25, 0.3) is 7.82 Å². The molecule has 0 radical (unpaired) electrons. The Kier molecular flexibility index (Phi) is 22.4. The van der Waals surface area contributed by atoms with Gasteiger partial charge in [-0.3, -0.25) is 4.57 Å². The molecule has 0 aliphatic carbocycles. The van der Waals surface area contributed by atoms with E-state index < -0.39 is 7.82 Å². The molecule has 0 saturated carbocycles. The fourth-order valence-electron chi connectivity index (χ4n) is 3.08. The molecule has 0 aromatic rings. The summed E-state index contributed by atoms with van der Waals surface area (Å²) in [4.78, 5) is 22.9. The quantitative estimate of drug-likeness (QED) is 0.233. The van der Waals surface area contributed by atoms with Crippen LogP contribution >= 0.6 is 7.82 Å². The van der Waals surface area contributed by atoms with E-state index in [1.54, 1.807) is 0 Å². The molecule has 7 heteroatoms. The van der Waals surface area contributed by atoms with Crippen molar-refractivity contribution in [2.75, 3.05) is 26.2 Å². The van der Waals surface area contributed by atoms with Crippen molar-refractivity contribution < 1.29 is 23.7 Å². The lowest BCUT2D eigenvalue weighted by molar-refractivity contribution is -0.923. The molecule has 0 fully saturated rings. The van der Waals surface area contributed by atoms with Gasteiger partial charge in [0, 0.05) is 0 Å². The second kappa shape index (κ2) is 18.8. The third-order valence-electron chi connectivity index (χ3n) is 5.00. The van der Waals surface area contributed by atoms with E-state index in [9.17, 15) is 0 Å². The van der Waals surface area contributed by atoms with Gasteiger partial charge in [0.1, 0.15) is 0 Å². The lowest BCUT2D eigenvalue weighted by atomic mass is 10.1. The van der Waals surface area contributed by atoms with E-state index >= 15 is 0 Å². The summed E-state index contributed by atoms with van der Waals surface area (Å²) in [5.41, 5.74) is 0. The first-order valence-electron chi connectivity index (χ1n) is 9.86. The zero-order chi connectivity index (χ0) is 18.9. The first-order chi connectivity index (χ1) is 11.2. The van der Waals surface area contributed by atoms with Crippen LogP contribution in [0.3, 0.4) is 0 Å². The maximum Gasteiger partial charge on any atom is 0.262 e. The van der Waals surface area contributed by atoms with Crippen molar-refractivity contribution in [3.8, 4) is 0 Å². The first-order valence-corrected chi connectivity index (χ1v) is 11.4. The molecule has 0 aromatic carbocycles. The minimum Gasteiger partial charge on any atom is -0.756 e. The Labute approximate surface area is 156 Å². The van der Waals surface area contributed by atoms with Crippen molar-refractivity contribution in [2.24, 2.45) is 0 Å². The lowest BCUT2D eigenvalue weighted by Gasteiger charge is -2.35.